The first kappa shape index (κ1) is 20.9. The molecule has 0 radical (unpaired) electrons. The Morgan fingerprint density at radius 2 is 1.83 bits per heavy atom. The summed E-state index contributed by atoms with van der Waals surface area (Å²) in [4.78, 5) is 26.6. The minimum Gasteiger partial charge on any atom is -0.365 e. The molecule has 2 aromatic carbocycles. The van der Waals surface area contributed by atoms with Crippen LogP contribution in [0.2, 0.25) is 5.02 Å². The zero-order chi connectivity index (χ0) is 21.6. The molecule has 0 spiro atoms. The predicted octanol–water partition coefficient (Wildman–Crippen LogP) is 6.06. The van der Waals surface area contributed by atoms with E-state index in [0.717, 1.165) is 40.5 Å². The summed E-state index contributed by atoms with van der Waals surface area (Å²) in [7, 11) is 0. The molecule has 2 amide bonds. The molecule has 0 saturated carbocycles. The van der Waals surface area contributed by atoms with E-state index in [1.54, 1.807) is 12.1 Å². The van der Waals surface area contributed by atoms with Crippen molar-refractivity contribution >= 4 is 50.5 Å². The quantitative estimate of drug-likeness (QED) is 0.519. The SMILES string of the molecule is CC(C)(C)[C@H]1CCc2c(sc(NC(=O)c3cccc4c(Cl)cccc34)c2C(N)=O)C1. The van der Waals surface area contributed by atoms with Crippen molar-refractivity contribution in [1.82, 2.24) is 0 Å². The number of halogens is 1. The van der Waals surface area contributed by atoms with Gasteiger partial charge >= 0.3 is 0 Å². The topological polar surface area (TPSA) is 72.2 Å². The third-order valence-corrected chi connectivity index (χ3v) is 7.58. The Labute approximate surface area is 185 Å². The van der Waals surface area contributed by atoms with Crippen molar-refractivity contribution < 1.29 is 9.59 Å². The first-order valence-corrected chi connectivity index (χ1v) is 11.3. The number of anilines is 1. The Hall–Kier alpha value is -2.37. The van der Waals surface area contributed by atoms with Crippen LogP contribution < -0.4 is 11.1 Å². The fourth-order valence-electron chi connectivity index (χ4n) is 4.31. The minimum atomic E-state index is -0.488. The second-order valence-corrected chi connectivity index (χ2v) is 10.5. The zero-order valence-electron chi connectivity index (χ0n) is 17.3. The highest BCUT2D eigenvalue weighted by molar-refractivity contribution is 7.17. The predicted molar refractivity (Wildman–Crippen MR) is 125 cm³/mol. The number of hydrogen-bond donors (Lipinski definition) is 2. The van der Waals surface area contributed by atoms with Crippen molar-refractivity contribution in [3.63, 3.8) is 0 Å². The number of hydrogen-bond acceptors (Lipinski definition) is 3. The number of benzene rings is 2. The lowest BCUT2D eigenvalue weighted by atomic mass is 9.72. The molecule has 3 aromatic rings. The van der Waals surface area contributed by atoms with Crippen molar-refractivity contribution in [3.05, 3.63) is 63.0 Å². The van der Waals surface area contributed by atoms with Gasteiger partial charge in [-0.15, -0.1) is 11.3 Å². The first-order valence-electron chi connectivity index (χ1n) is 10.1. The number of carbonyl (C=O) groups is 2. The first-order chi connectivity index (χ1) is 14.2. The second-order valence-electron chi connectivity index (χ2n) is 8.97. The average molecular weight is 441 g/mol. The fraction of sp³-hybridized carbons (Fsp3) is 0.333. The lowest BCUT2D eigenvalue weighted by Gasteiger charge is -2.33. The van der Waals surface area contributed by atoms with Crippen molar-refractivity contribution in [2.24, 2.45) is 17.1 Å². The Bertz CT molecular complexity index is 1160. The highest BCUT2D eigenvalue weighted by atomic mass is 35.5. The van der Waals surface area contributed by atoms with E-state index in [-0.39, 0.29) is 11.3 Å². The van der Waals surface area contributed by atoms with Crippen molar-refractivity contribution in [1.29, 1.82) is 0 Å². The molecule has 4 nitrogen and oxygen atoms in total. The van der Waals surface area contributed by atoms with Crippen LogP contribution in [0.5, 0.6) is 0 Å². The van der Waals surface area contributed by atoms with Crippen LogP contribution in [-0.4, -0.2) is 11.8 Å². The van der Waals surface area contributed by atoms with Gasteiger partial charge < -0.3 is 11.1 Å². The van der Waals surface area contributed by atoms with Gasteiger partial charge in [-0.3, -0.25) is 9.59 Å². The van der Waals surface area contributed by atoms with Crippen LogP contribution in [0.25, 0.3) is 10.8 Å². The highest BCUT2D eigenvalue weighted by Crippen LogP contribution is 2.44. The molecule has 3 N–H and O–H groups in total. The maximum atomic E-state index is 13.2. The molecule has 30 heavy (non-hydrogen) atoms. The number of fused-ring (bicyclic) bond motifs is 2. The van der Waals surface area contributed by atoms with Gasteiger partial charge in [0, 0.05) is 20.8 Å². The van der Waals surface area contributed by atoms with Crippen LogP contribution in [0.1, 0.15) is 58.3 Å². The molecule has 1 aromatic heterocycles. The zero-order valence-corrected chi connectivity index (χ0v) is 18.9. The number of thiophene rings is 1. The molecule has 0 fully saturated rings. The fourth-order valence-corrected chi connectivity index (χ4v) is 5.88. The lowest BCUT2D eigenvalue weighted by molar-refractivity contribution is 0.1000. The summed E-state index contributed by atoms with van der Waals surface area (Å²) in [6.07, 6.45) is 2.73. The Morgan fingerprint density at radius 3 is 2.53 bits per heavy atom. The molecule has 1 atom stereocenters. The molecule has 0 saturated heterocycles. The smallest absolute Gasteiger partial charge is 0.256 e. The molecular formula is C24H25ClN2O2S. The Balaban J connectivity index is 1.71. The van der Waals surface area contributed by atoms with E-state index in [0.29, 0.717) is 27.1 Å². The van der Waals surface area contributed by atoms with Crippen molar-refractivity contribution in [2.75, 3.05) is 5.32 Å². The Kier molecular flexibility index (Phi) is 5.37. The van der Waals surface area contributed by atoms with E-state index in [1.165, 1.54) is 11.3 Å². The summed E-state index contributed by atoms with van der Waals surface area (Å²) in [6, 6.07) is 11.0. The maximum absolute atomic E-state index is 13.2. The molecule has 1 aliphatic rings. The highest BCUT2D eigenvalue weighted by Gasteiger charge is 2.33. The van der Waals surface area contributed by atoms with E-state index < -0.39 is 5.91 Å². The van der Waals surface area contributed by atoms with Gasteiger partial charge in [0.2, 0.25) is 0 Å². The molecule has 1 aliphatic carbocycles. The van der Waals surface area contributed by atoms with Gasteiger partial charge in [-0.05, 0) is 53.7 Å². The normalized spacial score (nSPS) is 16.3. The van der Waals surface area contributed by atoms with Gasteiger partial charge in [-0.25, -0.2) is 0 Å². The van der Waals surface area contributed by atoms with E-state index in [1.807, 2.05) is 24.3 Å². The van der Waals surface area contributed by atoms with Crippen LogP contribution in [0, 0.1) is 11.3 Å². The van der Waals surface area contributed by atoms with Crippen molar-refractivity contribution in [3.8, 4) is 0 Å². The summed E-state index contributed by atoms with van der Waals surface area (Å²) in [6.45, 7) is 6.75. The van der Waals surface area contributed by atoms with Gasteiger partial charge in [0.1, 0.15) is 5.00 Å². The van der Waals surface area contributed by atoms with Gasteiger partial charge in [0.25, 0.3) is 11.8 Å². The Morgan fingerprint density at radius 1 is 1.13 bits per heavy atom. The van der Waals surface area contributed by atoms with Crippen LogP contribution in [0.15, 0.2) is 36.4 Å². The minimum absolute atomic E-state index is 0.195. The molecule has 6 heteroatoms. The number of rotatable bonds is 3. The number of nitrogens with two attached hydrogens (primary N) is 1. The van der Waals surface area contributed by atoms with E-state index in [9.17, 15) is 9.59 Å². The van der Waals surface area contributed by atoms with E-state index in [2.05, 4.69) is 26.1 Å². The number of amides is 2. The van der Waals surface area contributed by atoms with Crippen LogP contribution in [0.4, 0.5) is 5.00 Å². The summed E-state index contributed by atoms with van der Waals surface area (Å²) in [5.41, 5.74) is 7.91. The van der Waals surface area contributed by atoms with Gasteiger partial charge in [0.15, 0.2) is 0 Å². The standard InChI is InChI=1S/C24H25ClN2O2S/c1-24(2,3)13-10-11-17-19(12-13)30-23(20(17)21(26)28)27-22(29)16-8-4-7-15-14(16)6-5-9-18(15)25/h4-9,13H,10-12H2,1-3H3,(H2,26,28)(H,27,29)/t13-/m0/s1. The van der Waals surface area contributed by atoms with Crippen LogP contribution >= 0.6 is 22.9 Å². The maximum Gasteiger partial charge on any atom is 0.256 e. The number of carbonyl (C=O) groups excluding carboxylic acids is 2. The third kappa shape index (κ3) is 3.72. The monoisotopic (exact) mass is 440 g/mol. The molecule has 156 valence electrons. The number of primary amides is 1. The molecule has 0 unspecified atom stereocenters. The van der Waals surface area contributed by atoms with Gasteiger partial charge in [0.05, 0.1) is 5.56 Å². The molecular weight excluding hydrogens is 416 g/mol. The van der Waals surface area contributed by atoms with E-state index >= 15 is 0 Å². The van der Waals surface area contributed by atoms with Crippen molar-refractivity contribution in [2.45, 2.75) is 40.0 Å². The molecule has 4 rings (SSSR count). The third-order valence-electron chi connectivity index (χ3n) is 6.08. The lowest BCUT2D eigenvalue weighted by Crippen LogP contribution is -2.27. The molecule has 0 aliphatic heterocycles. The number of nitrogens with one attached hydrogen (secondary N) is 1. The largest absolute Gasteiger partial charge is 0.365 e. The van der Waals surface area contributed by atoms with Crippen LogP contribution in [-0.2, 0) is 12.8 Å². The molecule has 1 heterocycles. The summed E-state index contributed by atoms with van der Waals surface area (Å²) in [5.74, 6) is -0.220. The van der Waals surface area contributed by atoms with Crippen LogP contribution in [0.3, 0.4) is 0 Å². The molecule has 0 bridgehead atoms. The van der Waals surface area contributed by atoms with Gasteiger partial charge in [-0.1, -0.05) is 56.6 Å². The average Bonchev–Trinajstić information content (AvgIpc) is 3.04. The van der Waals surface area contributed by atoms with Gasteiger partial charge in [-0.2, -0.15) is 0 Å². The summed E-state index contributed by atoms with van der Waals surface area (Å²) < 4.78 is 0. The summed E-state index contributed by atoms with van der Waals surface area (Å²) in [5, 5.41) is 5.71. The second kappa shape index (κ2) is 7.71. The summed E-state index contributed by atoms with van der Waals surface area (Å²) >= 11 is 7.77. The van der Waals surface area contributed by atoms with E-state index in [4.69, 9.17) is 17.3 Å².